The fraction of sp³-hybridized carbons (Fsp3) is 0.828. The molecule has 0 fully saturated rings. The Morgan fingerprint density at radius 1 is 0.639 bits per heavy atom. The zero-order valence-corrected chi connectivity index (χ0v) is 23.4. The third-order valence-corrected chi connectivity index (χ3v) is 7.78. The van der Waals surface area contributed by atoms with Crippen molar-refractivity contribution < 1.29 is 34.2 Å². The van der Waals surface area contributed by atoms with Crippen LogP contribution in [-0.2, 0) is 14.4 Å². The minimum absolute atomic E-state index is 0.165. The van der Waals surface area contributed by atoms with Gasteiger partial charge in [0.05, 0.1) is 12.5 Å². The molecule has 0 aliphatic rings. The third-order valence-electron chi connectivity index (χ3n) is 7.78. The van der Waals surface area contributed by atoms with Gasteiger partial charge >= 0.3 is 11.9 Å². The number of carbonyl (C=O) groups is 3. The maximum Gasteiger partial charge on any atom is 0.362 e. The van der Waals surface area contributed by atoms with E-state index in [9.17, 15) is 29.7 Å². The standard InChI is InChI=1S/C29H53NO6/c1-5-6-7-8-9-10-11-12-13-14-15-16-17-18-19-20-21-22-23-30(24(2)27(31)32,25(3)28(33)34)26(4)29(35)36/h17-18,24-26H,5-16,19-23H2,1-4H3,(H2-,31,32,33,34,35,36)/b18-17+. The van der Waals surface area contributed by atoms with Gasteiger partial charge in [0.1, 0.15) is 6.04 Å². The summed E-state index contributed by atoms with van der Waals surface area (Å²) in [6, 6.07) is -3.59. The second kappa shape index (κ2) is 20.2. The van der Waals surface area contributed by atoms with Crippen molar-refractivity contribution in [2.24, 2.45) is 0 Å². The van der Waals surface area contributed by atoms with Gasteiger partial charge in [-0.3, -0.25) is 4.48 Å². The largest absolute Gasteiger partial charge is 0.544 e. The second-order valence-electron chi connectivity index (χ2n) is 10.4. The first kappa shape index (κ1) is 34.1. The number of nitrogens with zero attached hydrogens (tertiary/aromatic N) is 1. The van der Waals surface area contributed by atoms with Crippen molar-refractivity contribution in [3.05, 3.63) is 12.2 Å². The van der Waals surface area contributed by atoms with E-state index in [0.29, 0.717) is 6.42 Å². The molecule has 36 heavy (non-hydrogen) atoms. The predicted molar refractivity (Wildman–Crippen MR) is 142 cm³/mol. The van der Waals surface area contributed by atoms with Gasteiger partial charge in [-0.2, -0.15) is 0 Å². The highest BCUT2D eigenvalue weighted by atomic mass is 16.4. The van der Waals surface area contributed by atoms with Crippen molar-refractivity contribution in [1.29, 1.82) is 0 Å². The van der Waals surface area contributed by atoms with Crippen molar-refractivity contribution in [2.75, 3.05) is 6.54 Å². The molecule has 0 aliphatic heterocycles. The van der Waals surface area contributed by atoms with E-state index >= 15 is 0 Å². The van der Waals surface area contributed by atoms with Crippen molar-refractivity contribution in [1.82, 2.24) is 0 Å². The SMILES string of the molecule is CCCCCCCCCCCCC/C=C/CCCCC[N+](C(C)C(=O)[O-])(C(C)C(=O)O)C(C)C(=O)O. The minimum Gasteiger partial charge on any atom is -0.544 e. The summed E-state index contributed by atoms with van der Waals surface area (Å²) in [5.41, 5.74) is 0. The van der Waals surface area contributed by atoms with E-state index in [4.69, 9.17) is 0 Å². The van der Waals surface area contributed by atoms with Gasteiger partial charge in [-0.1, -0.05) is 83.3 Å². The van der Waals surface area contributed by atoms with E-state index in [-0.39, 0.29) is 6.54 Å². The van der Waals surface area contributed by atoms with E-state index in [2.05, 4.69) is 19.1 Å². The van der Waals surface area contributed by atoms with Gasteiger partial charge in [-0.05, 0) is 59.3 Å². The molecule has 0 spiro atoms. The Bertz CT molecular complexity index is 597. The van der Waals surface area contributed by atoms with Crippen LogP contribution in [0, 0.1) is 0 Å². The molecule has 210 valence electrons. The molecule has 7 heteroatoms. The number of hydrogen-bond acceptors (Lipinski definition) is 4. The van der Waals surface area contributed by atoms with Gasteiger partial charge in [-0.25, -0.2) is 9.59 Å². The average Bonchev–Trinajstić information content (AvgIpc) is 2.84. The summed E-state index contributed by atoms with van der Waals surface area (Å²) >= 11 is 0. The van der Waals surface area contributed by atoms with E-state index in [1.165, 1.54) is 91.4 Å². The summed E-state index contributed by atoms with van der Waals surface area (Å²) in [6.45, 7) is 6.54. The van der Waals surface area contributed by atoms with Crippen molar-refractivity contribution >= 4 is 17.9 Å². The Balaban J connectivity index is 4.26. The Morgan fingerprint density at radius 3 is 1.36 bits per heavy atom. The molecule has 0 aliphatic carbocycles. The average molecular weight is 512 g/mol. The zero-order chi connectivity index (χ0) is 27.4. The maximum absolute atomic E-state index is 11.8. The monoisotopic (exact) mass is 511 g/mol. The highest BCUT2D eigenvalue weighted by Gasteiger charge is 2.50. The summed E-state index contributed by atoms with van der Waals surface area (Å²) in [5.74, 6) is -3.84. The van der Waals surface area contributed by atoms with Crippen LogP contribution in [-0.4, -0.2) is 57.3 Å². The number of unbranched alkanes of at least 4 members (excludes halogenated alkanes) is 14. The Morgan fingerprint density at radius 2 is 1.00 bits per heavy atom. The molecule has 0 aromatic heterocycles. The molecule has 3 unspecified atom stereocenters. The number of hydrogen-bond donors (Lipinski definition) is 2. The van der Waals surface area contributed by atoms with Crippen LogP contribution in [0.15, 0.2) is 12.2 Å². The first-order valence-corrected chi connectivity index (χ1v) is 14.3. The first-order valence-electron chi connectivity index (χ1n) is 14.3. The summed E-state index contributed by atoms with van der Waals surface area (Å²) in [4.78, 5) is 35.2. The van der Waals surface area contributed by atoms with Gasteiger partial charge in [-0.15, -0.1) is 0 Å². The molecule has 0 bridgehead atoms. The van der Waals surface area contributed by atoms with Crippen LogP contribution in [0.3, 0.4) is 0 Å². The Hall–Kier alpha value is -1.89. The number of allylic oxidation sites excluding steroid dienone is 2. The smallest absolute Gasteiger partial charge is 0.362 e. The lowest BCUT2D eigenvalue weighted by Gasteiger charge is -2.49. The quantitative estimate of drug-likeness (QED) is 0.0975. The van der Waals surface area contributed by atoms with Gasteiger partial charge in [0.15, 0.2) is 12.1 Å². The van der Waals surface area contributed by atoms with E-state index in [0.717, 1.165) is 25.7 Å². The Labute approximate surface area is 219 Å². The van der Waals surface area contributed by atoms with E-state index in [1.54, 1.807) is 0 Å². The van der Waals surface area contributed by atoms with Gasteiger partial charge in [0, 0.05) is 0 Å². The van der Waals surface area contributed by atoms with Crippen LogP contribution in [0.5, 0.6) is 0 Å². The second-order valence-corrected chi connectivity index (χ2v) is 10.4. The van der Waals surface area contributed by atoms with Crippen molar-refractivity contribution in [3.63, 3.8) is 0 Å². The summed E-state index contributed by atoms with van der Waals surface area (Å²) < 4.78 is -0.554. The maximum atomic E-state index is 11.8. The molecule has 0 saturated heterocycles. The molecule has 0 amide bonds. The molecule has 3 atom stereocenters. The lowest BCUT2D eigenvalue weighted by molar-refractivity contribution is -0.969. The number of carboxylic acids is 3. The normalized spacial score (nSPS) is 15.9. The molecule has 0 aromatic rings. The zero-order valence-electron chi connectivity index (χ0n) is 23.4. The number of quaternary nitrogens is 1. The first-order chi connectivity index (χ1) is 17.1. The molecular formula is C29H53NO6. The molecule has 7 nitrogen and oxygen atoms in total. The van der Waals surface area contributed by atoms with Gasteiger partial charge in [0.2, 0.25) is 0 Å². The summed E-state index contributed by atoms with van der Waals surface area (Å²) in [6.07, 6.45) is 23.4. The number of carboxylic acid groups (broad SMARTS) is 3. The van der Waals surface area contributed by atoms with Gasteiger partial charge < -0.3 is 20.1 Å². The van der Waals surface area contributed by atoms with E-state index < -0.39 is 40.5 Å². The molecular weight excluding hydrogens is 458 g/mol. The van der Waals surface area contributed by atoms with Crippen LogP contribution in [0.25, 0.3) is 0 Å². The predicted octanol–water partition coefficient (Wildman–Crippen LogP) is 5.71. The molecule has 0 heterocycles. The Kier molecular flexibility index (Phi) is 19.1. The number of rotatable bonds is 24. The summed E-state index contributed by atoms with van der Waals surface area (Å²) in [7, 11) is 0. The number of aliphatic carboxylic acids is 3. The van der Waals surface area contributed by atoms with Crippen LogP contribution < -0.4 is 5.11 Å². The van der Waals surface area contributed by atoms with Crippen LogP contribution in [0.1, 0.15) is 130 Å². The van der Waals surface area contributed by atoms with Crippen LogP contribution in [0.2, 0.25) is 0 Å². The fourth-order valence-corrected chi connectivity index (χ4v) is 5.18. The van der Waals surface area contributed by atoms with Crippen LogP contribution >= 0.6 is 0 Å². The molecule has 0 radical (unpaired) electrons. The van der Waals surface area contributed by atoms with E-state index in [1.807, 2.05) is 0 Å². The molecule has 0 aromatic carbocycles. The fourth-order valence-electron chi connectivity index (χ4n) is 5.18. The van der Waals surface area contributed by atoms with Crippen molar-refractivity contribution in [3.8, 4) is 0 Å². The lowest BCUT2D eigenvalue weighted by atomic mass is 10.00. The molecule has 0 saturated carbocycles. The van der Waals surface area contributed by atoms with Gasteiger partial charge in [0.25, 0.3) is 0 Å². The highest BCUT2D eigenvalue weighted by Crippen LogP contribution is 2.27. The lowest BCUT2D eigenvalue weighted by Crippen LogP contribution is -2.72. The summed E-state index contributed by atoms with van der Waals surface area (Å²) in [5, 5.41) is 30.9. The number of carbonyl (C=O) groups excluding carboxylic acids is 1. The third kappa shape index (κ3) is 12.9. The molecule has 0 rings (SSSR count). The minimum atomic E-state index is -1.43. The van der Waals surface area contributed by atoms with Crippen molar-refractivity contribution in [2.45, 2.75) is 149 Å². The topological polar surface area (TPSA) is 115 Å². The highest BCUT2D eigenvalue weighted by molar-refractivity contribution is 5.76. The molecule has 2 N–H and O–H groups in total. The van der Waals surface area contributed by atoms with Crippen LogP contribution in [0.4, 0.5) is 0 Å².